The van der Waals surface area contributed by atoms with E-state index in [0.717, 1.165) is 15.2 Å². The van der Waals surface area contributed by atoms with Crippen LogP contribution in [0.5, 0.6) is 0 Å². The Labute approximate surface area is 166 Å². The van der Waals surface area contributed by atoms with Gasteiger partial charge in [0.15, 0.2) is 5.69 Å². The molecule has 0 N–H and O–H groups in total. The Morgan fingerprint density at radius 3 is 2.29 bits per heavy atom. The maximum Gasteiger partial charge on any atom is 0.455 e. The van der Waals surface area contributed by atoms with Gasteiger partial charge in [0.2, 0.25) is 5.78 Å². The van der Waals surface area contributed by atoms with Gasteiger partial charge in [-0.25, -0.2) is 4.98 Å². The third-order valence-electron chi connectivity index (χ3n) is 4.27. The summed E-state index contributed by atoms with van der Waals surface area (Å²) >= 11 is 0. The fraction of sp³-hybridized carbons (Fsp3) is 0.375. The third kappa shape index (κ3) is 3.84. The van der Waals surface area contributed by atoms with Gasteiger partial charge in [-0.15, -0.1) is 0 Å². The van der Waals surface area contributed by atoms with Crippen LogP contribution in [0.15, 0.2) is 23.4 Å². The predicted octanol–water partition coefficient (Wildman–Crippen LogP) is 3.41. The first-order valence-corrected chi connectivity index (χ1v) is 8.21. The minimum Gasteiger partial charge on any atom is -0.300 e. The molecule has 0 aliphatic carbocycles. The van der Waals surface area contributed by atoms with Crippen molar-refractivity contribution in [3.63, 3.8) is 0 Å². The first-order chi connectivity index (χ1) is 14.2. The Morgan fingerprint density at radius 2 is 1.74 bits per heavy atom. The zero-order chi connectivity index (χ0) is 23.4. The Balaban J connectivity index is 2.22. The number of aryl methyl sites for hydroxylation is 1. The van der Waals surface area contributed by atoms with Gasteiger partial charge in [0.25, 0.3) is 5.56 Å². The van der Waals surface area contributed by atoms with E-state index in [1.54, 1.807) is 6.07 Å². The van der Waals surface area contributed by atoms with Crippen molar-refractivity contribution >= 4 is 5.78 Å². The summed E-state index contributed by atoms with van der Waals surface area (Å²) in [6.45, 7) is -0.988. The van der Waals surface area contributed by atoms with Crippen LogP contribution < -0.4 is 5.56 Å². The van der Waals surface area contributed by atoms with Crippen molar-refractivity contribution in [3.8, 4) is 17.2 Å². The van der Waals surface area contributed by atoms with Gasteiger partial charge >= 0.3 is 18.3 Å². The Bertz CT molecular complexity index is 1240. The van der Waals surface area contributed by atoms with Gasteiger partial charge in [-0.3, -0.25) is 13.9 Å². The van der Waals surface area contributed by atoms with Gasteiger partial charge in [-0.05, 0) is 6.92 Å². The number of nitrogens with zero attached hydrogens (tertiary/aromatic N) is 6. The lowest BCUT2D eigenvalue weighted by Gasteiger charge is -2.19. The molecule has 0 atom stereocenters. The monoisotopic (exact) mass is 454 g/mol. The summed E-state index contributed by atoms with van der Waals surface area (Å²) in [6.07, 6.45) is -8.94. The second-order valence-electron chi connectivity index (χ2n) is 6.45. The minimum absolute atomic E-state index is 0.0867. The van der Waals surface area contributed by atoms with Gasteiger partial charge in [0.05, 0.1) is 17.8 Å². The van der Waals surface area contributed by atoms with Gasteiger partial charge in [-0.2, -0.15) is 45.5 Å². The molecule has 166 valence electrons. The van der Waals surface area contributed by atoms with E-state index in [1.165, 1.54) is 6.92 Å². The molecule has 15 heteroatoms. The summed E-state index contributed by atoms with van der Waals surface area (Å²) in [7, 11) is 0. The highest BCUT2D eigenvalue weighted by Gasteiger charge is 2.57. The van der Waals surface area contributed by atoms with Crippen LogP contribution in [0, 0.1) is 18.3 Å². The molecule has 7 nitrogen and oxygen atoms in total. The largest absolute Gasteiger partial charge is 0.455 e. The van der Waals surface area contributed by atoms with Crippen LogP contribution >= 0.6 is 0 Å². The number of rotatable bonds is 4. The van der Waals surface area contributed by atoms with Crippen molar-refractivity contribution in [3.05, 3.63) is 40.3 Å². The molecule has 3 heterocycles. The van der Waals surface area contributed by atoms with Gasteiger partial charge in [0.1, 0.15) is 13.1 Å². The minimum atomic E-state index is -5.91. The smallest absolute Gasteiger partial charge is 0.300 e. The number of nitriles is 1. The summed E-state index contributed by atoms with van der Waals surface area (Å²) in [6, 6.07) is 1.71. The van der Waals surface area contributed by atoms with E-state index in [2.05, 4.69) is 10.1 Å². The lowest BCUT2D eigenvalue weighted by Crippen LogP contribution is -2.40. The molecular weight excluding hydrogens is 444 g/mol. The van der Waals surface area contributed by atoms with Gasteiger partial charge in [0, 0.05) is 23.7 Å². The molecule has 0 aromatic carbocycles. The molecule has 3 rings (SSSR count). The molecule has 0 radical (unpaired) electrons. The standard InChI is InChI=1S/C16H10F8N6O/c1-8-5-30-12(31)10(11(15(19,20)21)27-13(30)29(8)3-2-25)9-4-26-28(6-9)7-14(17,18)16(22,23)24/h4-6H,3,7H2,1H3. The number of halogens is 8. The molecule has 0 fully saturated rings. The Kier molecular flexibility index (Phi) is 5.07. The topological polar surface area (TPSA) is 80.9 Å². The van der Waals surface area contributed by atoms with Crippen molar-refractivity contribution < 1.29 is 35.1 Å². The van der Waals surface area contributed by atoms with Crippen LogP contribution in [0.25, 0.3) is 16.9 Å². The second-order valence-corrected chi connectivity index (χ2v) is 6.45. The Hall–Kier alpha value is -3.44. The van der Waals surface area contributed by atoms with Crippen molar-refractivity contribution in [2.24, 2.45) is 0 Å². The number of aromatic nitrogens is 5. The van der Waals surface area contributed by atoms with Crippen molar-refractivity contribution in [2.45, 2.75) is 38.3 Å². The zero-order valence-electron chi connectivity index (χ0n) is 15.3. The van der Waals surface area contributed by atoms with E-state index in [-0.39, 0.29) is 10.4 Å². The number of alkyl halides is 8. The van der Waals surface area contributed by atoms with Crippen LogP contribution in [-0.2, 0) is 19.3 Å². The highest BCUT2D eigenvalue weighted by Crippen LogP contribution is 2.37. The van der Waals surface area contributed by atoms with E-state index >= 15 is 0 Å². The molecule has 0 spiro atoms. The van der Waals surface area contributed by atoms with Crippen molar-refractivity contribution in [1.82, 2.24) is 23.7 Å². The van der Waals surface area contributed by atoms with Crippen LogP contribution in [-0.4, -0.2) is 35.8 Å². The van der Waals surface area contributed by atoms with Crippen LogP contribution in [0.2, 0.25) is 0 Å². The molecule has 0 saturated heterocycles. The van der Waals surface area contributed by atoms with E-state index in [9.17, 15) is 39.9 Å². The average molecular weight is 454 g/mol. The van der Waals surface area contributed by atoms with Gasteiger partial charge < -0.3 is 4.57 Å². The van der Waals surface area contributed by atoms with E-state index in [4.69, 9.17) is 5.26 Å². The first-order valence-electron chi connectivity index (χ1n) is 8.21. The summed E-state index contributed by atoms with van der Waals surface area (Å²) < 4.78 is 106. The summed E-state index contributed by atoms with van der Waals surface area (Å²) in [5, 5.41) is 12.1. The molecule has 0 aliphatic heterocycles. The van der Waals surface area contributed by atoms with E-state index in [0.29, 0.717) is 12.4 Å². The molecule has 0 aliphatic rings. The summed E-state index contributed by atoms with van der Waals surface area (Å²) in [5.74, 6) is -5.69. The first kappa shape index (κ1) is 22.2. The van der Waals surface area contributed by atoms with Gasteiger partial charge in [-0.1, -0.05) is 0 Å². The molecule has 0 bridgehead atoms. The maximum atomic E-state index is 13.6. The highest BCUT2D eigenvalue weighted by atomic mass is 19.4. The van der Waals surface area contributed by atoms with Crippen LogP contribution in [0.1, 0.15) is 11.4 Å². The highest BCUT2D eigenvalue weighted by molar-refractivity contribution is 5.65. The summed E-state index contributed by atoms with van der Waals surface area (Å²) in [5.41, 5.74) is -4.46. The molecule has 0 saturated carbocycles. The lowest BCUT2D eigenvalue weighted by molar-refractivity contribution is -0.287. The number of fused-ring (bicyclic) bond motifs is 1. The molecule has 3 aromatic rings. The predicted molar refractivity (Wildman–Crippen MR) is 87.0 cm³/mol. The number of imidazole rings is 1. The fourth-order valence-electron chi connectivity index (χ4n) is 2.85. The lowest BCUT2D eigenvalue weighted by atomic mass is 10.1. The number of hydrogen-bond donors (Lipinski definition) is 0. The Morgan fingerprint density at radius 1 is 1.10 bits per heavy atom. The summed E-state index contributed by atoms with van der Waals surface area (Å²) in [4.78, 5) is 16.2. The van der Waals surface area contributed by atoms with E-state index < -0.39 is 59.5 Å². The number of hydrogen-bond acceptors (Lipinski definition) is 4. The van der Waals surface area contributed by atoms with E-state index in [1.807, 2.05) is 0 Å². The fourth-order valence-corrected chi connectivity index (χ4v) is 2.85. The van der Waals surface area contributed by atoms with Crippen molar-refractivity contribution in [1.29, 1.82) is 5.26 Å². The molecule has 0 unspecified atom stereocenters. The molecule has 3 aromatic heterocycles. The SMILES string of the molecule is Cc1cn2c(=O)c(-c3cnn(CC(F)(F)C(F)(F)F)c3)c(C(F)(F)F)nc2n1CC#N. The second kappa shape index (κ2) is 7.06. The van der Waals surface area contributed by atoms with Crippen molar-refractivity contribution in [2.75, 3.05) is 0 Å². The molecular formula is C16H10F8N6O. The normalized spacial score (nSPS) is 13.0. The van der Waals surface area contributed by atoms with Crippen LogP contribution in [0.4, 0.5) is 35.1 Å². The third-order valence-corrected chi connectivity index (χ3v) is 4.27. The average Bonchev–Trinajstić information content (AvgIpc) is 3.18. The molecule has 31 heavy (non-hydrogen) atoms. The quantitative estimate of drug-likeness (QED) is 0.566. The zero-order valence-corrected chi connectivity index (χ0v) is 15.3. The molecule has 0 amide bonds. The maximum absolute atomic E-state index is 13.6. The van der Waals surface area contributed by atoms with Crippen LogP contribution in [0.3, 0.4) is 0 Å².